The summed E-state index contributed by atoms with van der Waals surface area (Å²) in [6.07, 6.45) is 1.80. The first kappa shape index (κ1) is 8.62. The molecule has 4 nitrogen and oxygen atoms in total. The van der Waals surface area contributed by atoms with Crippen molar-refractivity contribution in [1.82, 2.24) is 9.78 Å². The SMILES string of the molecule is COc1ccccc1-n1ccc(N)n1. The molecule has 0 spiro atoms. The van der Waals surface area contributed by atoms with E-state index in [9.17, 15) is 0 Å². The Morgan fingerprint density at radius 1 is 1.29 bits per heavy atom. The summed E-state index contributed by atoms with van der Waals surface area (Å²) < 4.78 is 6.90. The molecule has 0 aliphatic heterocycles. The second-order valence-electron chi connectivity index (χ2n) is 2.86. The molecule has 4 heteroatoms. The average molecular weight is 189 g/mol. The van der Waals surface area contributed by atoms with Crippen LogP contribution < -0.4 is 10.5 Å². The zero-order valence-electron chi connectivity index (χ0n) is 7.84. The number of anilines is 1. The van der Waals surface area contributed by atoms with Crippen LogP contribution in [0.15, 0.2) is 36.5 Å². The lowest BCUT2D eigenvalue weighted by atomic mass is 10.3. The summed E-state index contributed by atoms with van der Waals surface area (Å²) in [7, 11) is 1.63. The van der Waals surface area contributed by atoms with Crippen molar-refractivity contribution in [2.75, 3.05) is 12.8 Å². The molecule has 0 fully saturated rings. The van der Waals surface area contributed by atoms with Gasteiger partial charge in [-0.2, -0.15) is 5.10 Å². The van der Waals surface area contributed by atoms with E-state index >= 15 is 0 Å². The summed E-state index contributed by atoms with van der Waals surface area (Å²) >= 11 is 0. The fourth-order valence-corrected chi connectivity index (χ4v) is 1.29. The van der Waals surface area contributed by atoms with Crippen molar-refractivity contribution in [3.05, 3.63) is 36.5 Å². The van der Waals surface area contributed by atoms with Gasteiger partial charge in [-0.25, -0.2) is 4.68 Å². The van der Waals surface area contributed by atoms with Crippen LogP contribution in [-0.2, 0) is 0 Å². The Labute approximate surface area is 81.9 Å². The van der Waals surface area contributed by atoms with Gasteiger partial charge in [0.25, 0.3) is 0 Å². The van der Waals surface area contributed by atoms with Crippen LogP contribution in [-0.4, -0.2) is 16.9 Å². The number of para-hydroxylation sites is 2. The van der Waals surface area contributed by atoms with E-state index in [4.69, 9.17) is 10.5 Å². The number of nitrogens with zero attached hydrogens (tertiary/aromatic N) is 2. The van der Waals surface area contributed by atoms with Crippen LogP contribution >= 0.6 is 0 Å². The Morgan fingerprint density at radius 3 is 2.71 bits per heavy atom. The molecule has 1 aromatic carbocycles. The Bertz CT molecular complexity index is 436. The molecule has 2 aromatic rings. The quantitative estimate of drug-likeness (QED) is 0.778. The first-order valence-corrected chi connectivity index (χ1v) is 4.26. The molecule has 1 heterocycles. The van der Waals surface area contributed by atoms with Crippen molar-refractivity contribution in [3.8, 4) is 11.4 Å². The molecule has 72 valence electrons. The van der Waals surface area contributed by atoms with Gasteiger partial charge in [0.1, 0.15) is 17.3 Å². The van der Waals surface area contributed by atoms with Crippen molar-refractivity contribution in [3.63, 3.8) is 0 Å². The molecule has 0 bridgehead atoms. The van der Waals surface area contributed by atoms with Gasteiger partial charge < -0.3 is 10.5 Å². The molecule has 0 aliphatic rings. The van der Waals surface area contributed by atoms with E-state index in [-0.39, 0.29) is 0 Å². The van der Waals surface area contributed by atoms with Crippen molar-refractivity contribution < 1.29 is 4.74 Å². The highest BCUT2D eigenvalue weighted by Crippen LogP contribution is 2.21. The van der Waals surface area contributed by atoms with Crippen molar-refractivity contribution >= 4 is 5.82 Å². The number of hydrogen-bond acceptors (Lipinski definition) is 3. The Balaban J connectivity index is 2.50. The second-order valence-corrected chi connectivity index (χ2v) is 2.86. The summed E-state index contributed by atoms with van der Waals surface area (Å²) in [5.41, 5.74) is 6.42. The summed E-state index contributed by atoms with van der Waals surface area (Å²) in [5, 5.41) is 4.10. The van der Waals surface area contributed by atoms with E-state index in [2.05, 4.69) is 5.10 Å². The number of nitrogens with two attached hydrogens (primary N) is 1. The van der Waals surface area contributed by atoms with Crippen LogP contribution in [0.25, 0.3) is 5.69 Å². The maximum Gasteiger partial charge on any atom is 0.145 e. The monoisotopic (exact) mass is 189 g/mol. The number of methoxy groups -OCH3 is 1. The molecule has 2 rings (SSSR count). The van der Waals surface area contributed by atoms with Crippen LogP contribution in [0.2, 0.25) is 0 Å². The molecule has 1 aromatic heterocycles. The predicted octanol–water partition coefficient (Wildman–Crippen LogP) is 1.46. The van der Waals surface area contributed by atoms with Gasteiger partial charge in [0.2, 0.25) is 0 Å². The first-order chi connectivity index (χ1) is 6.81. The average Bonchev–Trinajstić information content (AvgIpc) is 2.65. The van der Waals surface area contributed by atoms with Crippen LogP contribution in [0.4, 0.5) is 5.82 Å². The third-order valence-corrected chi connectivity index (χ3v) is 1.94. The van der Waals surface area contributed by atoms with Gasteiger partial charge >= 0.3 is 0 Å². The highest BCUT2D eigenvalue weighted by atomic mass is 16.5. The van der Waals surface area contributed by atoms with E-state index in [0.717, 1.165) is 11.4 Å². The number of aromatic nitrogens is 2. The molecule has 0 aliphatic carbocycles. The fraction of sp³-hybridized carbons (Fsp3) is 0.100. The fourth-order valence-electron chi connectivity index (χ4n) is 1.29. The van der Waals surface area contributed by atoms with Crippen molar-refractivity contribution in [2.24, 2.45) is 0 Å². The molecule has 0 radical (unpaired) electrons. The van der Waals surface area contributed by atoms with Gasteiger partial charge in [0.05, 0.1) is 7.11 Å². The summed E-state index contributed by atoms with van der Waals surface area (Å²) in [5.74, 6) is 1.27. The summed E-state index contributed by atoms with van der Waals surface area (Å²) in [6, 6.07) is 9.38. The summed E-state index contributed by atoms with van der Waals surface area (Å²) in [6.45, 7) is 0. The zero-order valence-corrected chi connectivity index (χ0v) is 7.84. The minimum Gasteiger partial charge on any atom is -0.494 e. The minimum atomic E-state index is 0.496. The van der Waals surface area contributed by atoms with Gasteiger partial charge in [0.15, 0.2) is 0 Å². The number of ether oxygens (including phenoxy) is 1. The molecular formula is C10H11N3O. The van der Waals surface area contributed by atoms with Crippen LogP contribution in [0.3, 0.4) is 0 Å². The molecule has 14 heavy (non-hydrogen) atoms. The smallest absolute Gasteiger partial charge is 0.145 e. The lowest BCUT2D eigenvalue weighted by Gasteiger charge is -2.06. The largest absolute Gasteiger partial charge is 0.494 e. The number of hydrogen-bond donors (Lipinski definition) is 1. The van der Waals surface area contributed by atoms with Gasteiger partial charge in [-0.05, 0) is 12.1 Å². The Morgan fingerprint density at radius 2 is 2.07 bits per heavy atom. The van der Waals surface area contributed by atoms with E-state index in [1.165, 1.54) is 0 Å². The van der Waals surface area contributed by atoms with Crippen LogP contribution in [0.5, 0.6) is 5.75 Å². The highest BCUT2D eigenvalue weighted by molar-refractivity contribution is 5.46. The van der Waals surface area contributed by atoms with Crippen LogP contribution in [0, 0.1) is 0 Å². The molecule has 2 N–H and O–H groups in total. The molecule has 0 saturated heterocycles. The Hall–Kier alpha value is -1.97. The lowest BCUT2D eigenvalue weighted by Crippen LogP contribution is -1.99. The maximum absolute atomic E-state index is 5.53. The molecule has 0 amide bonds. The van der Waals surface area contributed by atoms with E-state index in [1.807, 2.05) is 24.3 Å². The maximum atomic E-state index is 5.53. The minimum absolute atomic E-state index is 0.496. The molecule has 0 atom stereocenters. The lowest BCUT2D eigenvalue weighted by molar-refractivity contribution is 0.412. The van der Waals surface area contributed by atoms with Gasteiger partial charge in [-0.15, -0.1) is 0 Å². The summed E-state index contributed by atoms with van der Waals surface area (Å²) in [4.78, 5) is 0. The molecule has 0 saturated carbocycles. The Kier molecular flexibility index (Phi) is 2.10. The van der Waals surface area contributed by atoms with Crippen molar-refractivity contribution in [2.45, 2.75) is 0 Å². The highest BCUT2D eigenvalue weighted by Gasteiger charge is 2.04. The predicted molar refractivity (Wildman–Crippen MR) is 54.5 cm³/mol. The third kappa shape index (κ3) is 1.42. The standard InChI is InChI=1S/C10H11N3O/c1-14-9-5-3-2-4-8(9)13-7-6-10(11)12-13/h2-7H,1H3,(H2,11,12). The number of nitrogen functional groups attached to an aromatic ring is 1. The van der Waals surface area contributed by atoms with Gasteiger partial charge in [-0.3, -0.25) is 0 Å². The first-order valence-electron chi connectivity index (χ1n) is 4.26. The van der Waals surface area contributed by atoms with E-state index < -0.39 is 0 Å². The second kappa shape index (κ2) is 3.41. The van der Waals surface area contributed by atoms with Crippen LogP contribution in [0.1, 0.15) is 0 Å². The topological polar surface area (TPSA) is 53.1 Å². The van der Waals surface area contributed by atoms with E-state index in [0.29, 0.717) is 5.82 Å². The normalized spacial score (nSPS) is 10.1. The van der Waals surface area contributed by atoms with Gasteiger partial charge in [-0.1, -0.05) is 12.1 Å². The third-order valence-electron chi connectivity index (χ3n) is 1.94. The van der Waals surface area contributed by atoms with E-state index in [1.54, 1.807) is 24.1 Å². The number of benzene rings is 1. The number of rotatable bonds is 2. The molecule has 0 unspecified atom stereocenters. The zero-order chi connectivity index (χ0) is 9.97. The van der Waals surface area contributed by atoms with Gasteiger partial charge in [0, 0.05) is 12.3 Å². The molecular weight excluding hydrogens is 178 g/mol. The van der Waals surface area contributed by atoms with Crippen molar-refractivity contribution in [1.29, 1.82) is 0 Å².